The summed E-state index contributed by atoms with van der Waals surface area (Å²) in [5.74, 6) is 1.54. The van der Waals surface area contributed by atoms with Crippen LogP contribution >= 0.6 is 11.6 Å². The summed E-state index contributed by atoms with van der Waals surface area (Å²) in [6.07, 6.45) is 3.91. The maximum absolute atomic E-state index is 12.4. The summed E-state index contributed by atoms with van der Waals surface area (Å²) in [5.41, 5.74) is 1.37. The van der Waals surface area contributed by atoms with Gasteiger partial charge in [0.05, 0.1) is 12.1 Å². The molecule has 3 aromatic rings. The van der Waals surface area contributed by atoms with Crippen LogP contribution < -0.4 is 19.5 Å². The molecule has 0 bridgehead atoms. The van der Waals surface area contributed by atoms with E-state index in [1.807, 2.05) is 36.4 Å². The summed E-state index contributed by atoms with van der Waals surface area (Å²) < 4.78 is 22.0. The zero-order valence-electron chi connectivity index (χ0n) is 19.3. The lowest BCUT2D eigenvalue weighted by Gasteiger charge is -2.15. The van der Waals surface area contributed by atoms with Gasteiger partial charge in [0.15, 0.2) is 17.3 Å². The molecule has 2 aromatic carbocycles. The molecule has 0 aliphatic rings. The Morgan fingerprint density at radius 1 is 1.23 bits per heavy atom. The summed E-state index contributed by atoms with van der Waals surface area (Å²) in [5, 5.41) is 15.9. The number of nitrogens with zero attached hydrogens (tertiary/aromatic N) is 2. The van der Waals surface area contributed by atoms with Crippen LogP contribution in [0.15, 0.2) is 65.2 Å². The Balaban J connectivity index is 1.68. The first-order chi connectivity index (χ1) is 16.9. The molecule has 180 valence electrons. The molecule has 9 heteroatoms. The van der Waals surface area contributed by atoms with Crippen molar-refractivity contribution in [3.63, 3.8) is 0 Å². The Bertz CT molecular complexity index is 1280. The first-order valence-electron chi connectivity index (χ1n) is 10.6. The van der Waals surface area contributed by atoms with Gasteiger partial charge in [-0.1, -0.05) is 41.0 Å². The highest BCUT2D eigenvalue weighted by Gasteiger charge is 2.15. The van der Waals surface area contributed by atoms with Crippen LogP contribution in [0.1, 0.15) is 16.9 Å². The number of rotatable bonds is 11. The highest BCUT2D eigenvalue weighted by molar-refractivity contribution is 6.32. The molecular formula is C26H24ClN3O5. The van der Waals surface area contributed by atoms with E-state index in [1.54, 1.807) is 25.1 Å². The molecule has 1 heterocycles. The summed E-state index contributed by atoms with van der Waals surface area (Å²) in [7, 11) is 1.47. The molecule has 0 spiro atoms. The van der Waals surface area contributed by atoms with Crippen LogP contribution in [0.25, 0.3) is 6.08 Å². The molecule has 0 unspecified atom stereocenters. The van der Waals surface area contributed by atoms with Gasteiger partial charge in [0, 0.05) is 6.07 Å². The van der Waals surface area contributed by atoms with Crippen LogP contribution in [0.4, 0.5) is 5.82 Å². The molecular weight excluding hydrogens is 470 g/mol. The number of para-hydroxylation sites is 1. The van der Waals surface area contributed by atoms with Crippen molar-refractivity contribution in [1.82, 2.24) is 5.16 Å². The Kier molecular flexibility index (Phi) is 8.93. The minimum atomic E-state index is -0.634. The van der Waals surface area contributed by atoms with E-state index in [9.17, 15) is 10.1 Å². The van der Waals surface area contributed by atoms with Crippen LogP contribution in [-0.4, -0.2) is 31.4 Å². The molecule has 1 amide bonds. The van der Waals surface area contributed by atoms with Crippen LogP contribution in [0, 0.1) is 18.3 Å². The van der Waals surface area contributed by atoms with Crippen molar-refractivity contribution in [3.05, 3.63) is 82.6 Å². The van der Waals surface area contributed by atoms with E-state index in [1.165, 1.54) is 13.2 Å². The highest BCUT2D eigenvalue weighted by Crippen LogP contribution is 2.37. The van der Waals surface area contributed by atoms with Gasteiger partial charge in [-0.25, -0.2) is 0 Å². The predicted octanol–water partition coefficient (Wildman–Crippen LogP) is 5.38. The van der Waals surface area contributed by atoms with Gasteiger partial charge < -0.3 is 24.1 Å². The van der Waals surface area contributed by atoms with Gasteiger partial charge in [-0.15, -0.1) is 6.58 Å². The number of aromatic nitrogens is 1. The number of aryl methyl sites for hydroxylation is 1. The number of ether oxygens (including phenoxy) is 3. The summed E-state index contributed by atoms with van der Waals surface area (Å²) in [6.45, 7) is 5.96. The molecule has 1 aromatic heterocycles. The van der Waals surface area contributed by atoms with Crippen LogP contribution in [0.5, 0.6) is 17.2 Å². The number of benzene rings is 2. The molecule has 3 rings (SSSR count). The van der Waals surface area contributed by atoms with Crippen molar-refractivity contribution in [2.75, 3.05) is 25.6 Å². The van der Waals surface area contributed by atoms with Gasteiger partial charge in [0.2, 0.25) is 0 Å². The fourth-order valence-electron chi connectivity index (χ4n) is 3.15. The van der Waals surface area contributed by atoms with Crippen molar-refractivity contribution < 1.29 is 23.5 Å². The third kappa shape index (κ3) is 6.88. The second kappa shape index (κ2) is 12.3. The van der Waals surface area contributed by atoms with Crippen molar-refractivity contribution in [2.45, 2.75) is 13.3 Å². The number of anilines is 1. The average Bonchev–Trinajstić information content (AvgIpc) is 3.26. The van der Waals surface area contributed by atoms with Crippen molar-refractivity contribution in [2.24, 2.45) is 0 Å². The smallest absolute Gasteiger partial charge is 0.267 e. The molecule has 8 nitrogen and oxygen atoms in total. The SMILES string of the molecule is C=CCc1ccccc1OCCOc1c(Cl)cc(/C=C(/C#N)C(=O)Nc2cc(C)on2)cc1OC. The van der Waals surface area contributed by atoms with E-state index >= 15 is 0 Å². The average molecular weight is 494 g/mol. The number of carbonyl (C=O) groups excluding carboxylic acids is 1. The van der Waals surface area contributed by atoms with Crippen molar-refractivity contribution >= 4 is 29.4 Å². The van der Waals surface area contributed by atoms with Crippen LogP contribution in [-0.2, 0) is 11.2 Å². The van der Waals surface area contributed by atoms with Crippen LogP contribution in [0.3, 0.4) is 0 Å². The molecule has 0 aliphatic carbocycles. The number of allylic oxidation sites excluding steroid dienone is 1. The Morgan fingerprint density at radius 3 is 2.69 bits per heavy atom. The zero-order chi connectivity index (χ0) is 25.2. The number of hydrogen-bond donors (Lipinski definition) is 1. The Labute approximate surface area is 208 Å². The maximum atomic E-state index is 12.4. The summed E-state index contributed by atoms with van der Waals surface area (Å²) in [6, 6.07) is 14.3. The molecule has 0 fully saturated rings. The molecule has 35 heavy (non-hydrogen) atoms. The molecule has 1 N–H and O–H groups in total. The van der Waals surface area contributed by atoms with Gasteiger partial charge in [-0.05, 0) is 48.7 Å². The zero-order valence-corrected chi connectivity index (χ0v) is 20.1. The lowest BCUT2D eigenvalue weighted by atomic mass is 10.1. The number of carbonyl (C=O) groups is 1. The molecule has 0 radical (unpaired) electrons. The molecule has 0 aliphatic heterocycles. The second-order valence-corrected chi connectivity index (χ2v) is 7.69. The first-order valence-corrected chi connectivity index (χ1v) is 11.0. The fraction of sp³-hybridized carbons (Fsp3) is 0.192. The topological polar surface area (TPSA) is 107 Å². The third-order valence-electron chi connectivity index (χ3n) is 4.72. The van der Waals surface area contributed by atoms with Gasteiger partial charge in [-0.3, -0.25) is 4.79 Å². The molecule has 0 saturated heterocycles. The third-order valence-corrected chi connectivity index (χ3v) is 5.00. The monoisotopic (exact) mass is 493 g/mol. The number of hydrogen-bond acceptors (Lipinski definition) is 7. The second-order valence-electron chi connectivity index (χ2n) is 7.28. The lowest BCUT2D eigenvalue weighted by molar-refractivity contribution is -0.112. The standard InChI is InChI=1S/C26H24ClN3O5/c1-4-7-19-8-5-6-9-22(19)33-10-11-34-25-21(27)14-18(15-23(25)32-3)13-20(16-28)26(31)29-24-12-17(2)35-30-24/h4-6,8-9,12-15H,1,7,10-11H2,2-3H3,(H,29,30,31)/b20-13-. The largest absolute Gasteiger partial charge is 0.493 e. The van der Waals surface area contributed by atoms with Crippen molar-refractivity contribution in [3.8, 4) is 23.3 Å². The van der Waals surface area contributed by atoms with E-state index in [0.717, 1.165) is 11.3 Å². The minimum absolute atomic E-state index is 0.149. The van der Waals surface area contributed by atoms with E-state index < -0.39 is 5.91 Å². The van der Waals surface area contributed by atoms with E-state index in [4.69, 9.17) is 30.3 Å². The Hall–Kier alpha value is -4.22. The minimum Gasteiger partial charge on any atom is -0.493 e. The number of amides is 1. The first kappa shape index (κ1) is 25.4. The van der Waals surface area contributed by atoms with Gasteiger partial charge in [-0.2, -0.15) is 5.26 Å². The van der Waals surface area contributed by atoms with Crippen LogP contribution in [0.2, 0.25) is 5.02 Å². The normalized spacial score (nSPS) is 10.9. The van der Waals surface area contributed by atoms with Gasteiger partial charge in [0.25, 0.3) is 5.91 Å². The maximum Gasteiger partial charge on any atom is 0.267 e. The summed E-state index contributed by atoms with van der Waals surface area (Å²) in [4.78, 5) is 12.4. The molecule has 0 saturated carbocycles. The van der Waals surface area contributed by atoms with Gasteiger partial charge in [0.1, 0.15) is 36.4 Å². The highest BCUT2D eigenvalue weighted by atomic mass is 35.5. The number of nitrogens with one attached hydrogen (secondary N) is 1. The number of halogens is 1. The lowest BCUT2D eigenvalue weighted by Crippen LogP contribution is -2.13. The van der Waals surface area contributed by atoms with E-state index in [2.05, 4.69) is 17.1 Å². The number of methoxy groups -OCH3 is 1. The number of nitriles is 1. The summed E-state index contributed by atoms with van der Waals surface area (Å²) >= 11 is 6.42. The van der Waals surface area contributed by atoms with E-state index in [0.29, 0.717) is 29.2 Å². The van der Waals surface area contributed by atoms with E-state index in [-0.39, 0.29) is 29.6 Å². The quantitative estimate of drug-likeness (QED) is 0.165. The fourth-order valence-corrected chi connectivity index (χ4v) is 3.43. The predicted molar refractivity (Wildman–Crippen MR) is 133 cm³/mol. The van der Waals surface area contributed by atoms with Gasteiger partial charge >= 0.3 is 0 Å². The van der Waals surface area contributed by atoms with Crippen molar-refractivity contribution in [1.29, 1.82) is 5.26 Å². The Morgan fingerprint density at radius 2 is 2.00 bits per heavy atom. The molecule has 0 atom stereocenters.